The number of benzene rings is 4. The van der Waals surface area contributed by atoms with Crippen LogP contribution in [0.15, 0.2) is 84.9 Å². The molecule has 4 heterocycles. The largest absolute Gasteiger partial charge is 0.497 e. The SMILES string of the molecule is COc1ccc(C(=O)C(=O)CCc2ccc3c(c2)CN(C2CCC(=O)NC2=O)C3=O)cc1.[C-]#[N+]c1ccc(C(=O)C(=O)CCc2ccc3c(c2)CN(C2CCC(=O)NC2=O)C3=O)cc1. The van der Waals surface area contributed by atoms with E-state index in [0.717, 1.165) is 22.3 Å². The van der Waals surface area contributed by atoms with E-state index in [1.54, 1.807) is 48.5 Å². The normalized spacial score (nSPS) is 17.6. The summed E-state index contributed by atoms with van der Waals surface area (Å²) in [6.45, 7) is 7.47. The maximum absolute atomic E-state index is 12.7. The van der Waals surface area contributed by atoms with E-state index in [1.165, 1.54) is 41.2 Å². The summed E-state index contributed by atoms with van der Waals surface area (Å²) >= 11 is 0. The number of ether oxygens (including phenoxy) is 1. The summed E-state index contributed by atoms with van der Waals surface area (Å²) in [5.41, 5.74) is 5.14. The van der Waals surface area contributed by atoms with E-state index < -0.39 is 47.0 Å². The second-order valence-corrected chi connectivity index (χ2v) is 15.7. The summed E-state index contributed by atoms with van der Waals surface area (Å²) in [5, 5.41) is 4.55. The van der Waals surface area contributed by atoms with Gasteiger partial charge in [-0.2, -0.15) is 0 Å². The Balaban J connectivity index is 0.000000191. The zero-order valence-corrected chi connectivity index (χ0v) is 34.6. The van der Waals surface area contributed by atoms with Crippen molar-refractivity contribution in [1.29, 1.82) is 0 Å². The number of ketones is 4. The second-order valence-electron chi connectivity index (χ2n) is 15.7. The summed E-state index contributed by atoms with van der Waals surface area (Å²) in [7, 11) is 1.52. The molecule has 4 aromatic rings. The molecule has 0 aromatic heterocycles. The number of rotatable bonds is 13. The third-order valence-electron chi connectivity index (χ3n) is 11.6. The van der Waals surface area contributed by atoms with Gasteiger partial charge in [0.15, 0.2) is 5.69 Å². The number of methoxy groups -OCH3 is 1. The summed E-state index contributed by atoms with van der Waals surface area (Å²) < 4.78 is 5.05. The highest BCUT2D eigenvalue weighted by Gasteiger charge is 2.40. The topological polar surface area (TPSA) is 215 Å². The number of amides is 6. The lowest BCUT2D eigenvalue weighted by Crippen LogP contribution is -2.52. The molecule has 16 nitrogen and oxygen atoms in total. The number of fused-ring (bicyclic) bond motifs is 2. The highest BCUT2D eigenvalue weighted by atomic mass is 16.5. The van der Waals surface area contributed by atoms with Crippen LogP contribution in [0.1, 0.15) is 102 Å². The highest BCUT2D eigenvalue weighted by Crippen LogP contribution is 2.30. The Morgan fingerprint density at radius 2 is 1.05 bits per heavy atom. The van der Waals surface area contributed by atoms with Crippen LogP contribution >= 0.6 is 0 Å². The molecule has 4 aromatic carbocycles. The van der Waals surface area contributed by atoms with Gasteiger partial charge in [-0.3, -0.25) is 58.6 Å². The fourth-order valence-electron chi connectivity index (χ4n) is 8.06. The number of hydrogen-bond donors (Lipinski definition) is 2. The number of piperidine rings is 2. The summed E-state index contributed by atoms with van der Waals surface area (Å²) in [6, 6.07) is 21.5. The summed E-state index contributed by atoms with van der Waals surface area (Å²) in [5.74, 6) is -3.63. The van der Waals surface area contributed by atoms with E-state index in [9.17, 15) is 47.9 Å². The fourth-order valence-corrected chi connectivity index (χ4v) is 8.06. The molecule has 0 aliphatic carbocycles. The number of imide groups is 2. The molecule has 8 rings (SSSR count). The molecule has 4 aliphatic rings. The van der Waals surface area contributed by atoms with Gasteiger partial charge in [-0.15, -0.1) is 0 Å². The van der Waals surface area contributed by atoms with Crippen LogP contribution < -0.4 is 15.4 Å². The Bertz CT molecular complexity index is 2680. The minimum Gasteiger partial charge on any atom is -0.497 e. The van der Waals surface area contributed by atoms with E-state index >= 15 is 0 Å². The molecule has 0 bridgehead atoms. The van der Waals surface area contributed by atoms with E-state index in [0.29, 0.717) is 53.8 Å². The number of nitrogens with zero attached hydrogens (tertiary/aromatic N) is 3. The van der Waals surface area contributed by atoms with Gasteiger partial charge in [-0.1, -0.05) is 48.5 Å². The monoisotopic (exact) mass is 863 g/mol. The van der Waals surface area contributed by atoms with Crippen molar-refractivity contribution in [3.05, 3.63) is 141 Å². The lowest BCUT2D eigenvalue weighted by molar-refractivity contribution is -0.138. The van der Waals surface area contributed by atoms with Crippen molar-refractivity contribution in [2.45, 2.75) is 76.5 Å². The third-order valence-corrected chi connectivity index (χ3v) is 11.6. The first-order chi connectivity index (χ1) is 30.7. The Hall–Kier alpha value is -7.93. The maximum Gasteiger partial charge on any atom is 0.255 e. The fraction of sp³-hybridized carbons (Fsp3) is 0.271. The molecule has 6 amide bonds. The van der Waals surface area contributed by atoms with Gasteiger partial charge < -0.3 is 14.5 Å². The van der Waals surface area contributed by atoms with Crippen LogP contribution in [0.4, 0.5) is 5.69 Å². The Labute approximate surface area is 366 Å². The molecule has 4 aliphatic heterocycles. The maximum atomic E-state index is 12.7. The lowest BCUT2D eigenvalue weighted by Gasteiger charge is -2.29. The van der Waals surface area contributed by atoms with Crippen LogP contribution in [-0.2, 0) is 54.7 Å². The molecule has 0 saturated carbocycles. The highest BCUT2D eigenvalue weighted by molar-refractivity contribution is 6.44. The number of nitrogens with one attached hydrogen (secondary N) is 2. The molecule has 2 saturated heterocycles. The van der Waals surface area contributed by atoms with Crippen LogP contribution in [0.5, 0.6) is 5.75 Å². The van der Waals surface area contributed by atoms with Crippen LogP contribution in [-0.4, -0.2) is 87.6 Å². The van der Waals surface area contributed by atoms with E-state index in [1.807, 2.05) is 12.1 Å². The average Bonchev–Trinajstić information content (AvgIpc) is 3.81. The number of Topliss-reactive ketones (excluding diaryl/α,β-unsaturated/α-hetero) is 4. The van der Waals surface area contributed by atoms with Crippen LogP contribution in [0.2, 0.25) is 0 Å². The van der Waals surface area contributed by atoms with Gasteiger partial charge >= 0.3 is 0 Å². The Morgan fingerprint density at radius 3 is 1.44 bits per heavy atom. The van der Waals surface area contributed by atoms with Crippen LogP contribution in [0.3, 0.4) is 0 Å². The number of aryl methyl sites for hydroxylation is 2. The molecule has 0 radical (unpaired) electrons. The first-order valence-corrected chi connectivity index (χ1v) is 20.5. The number of carbonyl (C=O) groups excluding carboxylic acids is 10. The zero-order chi connectivity index (χ0) is 45.7. The number of hydrogen-bond acceptors (Lipinski definition) is 11. The van der Waals surface area contributed by atoms with Crippen molar-refractivity contribution in [3.8, 4) is 5.75 Å². The van der Waals surface area contributed by atoms with E-state index in [2.05, 4.69) is 15.5 Å². The van der Waals surface area contributed by atoms with Gasteiger partial charge in [0, 0.05) is 61.0 Å². The van der Waals surface area contributed by atoms with Gasteiger partial charge in [0.1, 0.15) is 17.8 Å². The van der Waals surface area contributed by atoms with Gasteiger partial charge in [-0.05, 0) is 84.3 Å². The molecule has 16 heteroatoms. The number of carbonyl (C=O) groups is 10. The predicted molar refractivity (Wildman–Crippen MR) is 226 cm³/mol. The molecule has 324 valence electrons. The predicted octanol–water partition coefficient (Wildman–Crippen LogP) is 4.22. The van der Waals surface area contributed by atoms with E-state index in [4.69, 9.17) is 11.3 Å². The van der Waals surface area contributed by atoms with Crippen molar-refractivity contribution in [2.24, 2.45) is 0 Å². The second kappa shape index (κ2) is 19.0. The summed E-state index contributed by atoms with van der Waals surface area (Å²) in [6.07, 6.45) is 1.77. The van der Waals surface area contributed by atoms with Crippen molar-refractivity contribution >= 4 is 64.3 Å². The van der Waals surface area contributed by atoms with Crippen LogP contribution in [0.25, 0.3) is 4.85 Å². The molecule has 64 heavy (non-hydrogen) atoms. The van der Waals surface area contributed by atoms with Crippen LogP contribution in [0, 0.1) is 6.57 Å². The molecule has 2 unspecified atom stereocenters. The molecule has 2 N–H and O–H groups in total. The van der Waals surface area contributed by atoms with Gasteiger partial charge in [0.2, 0.25) is 46.8 Å². The minimum atomic E-state index is -0.676. The van der Waals surface area contributed by atoms with Gasteiger partial charge in [-0.25, -0.2) is 4.85 Å². The lowest BCUT2D eigenvalue weighted by atomic mass is 9.99. The standard InChI is InChI=1S/C24H19N3O5.C24H22N2O6/c1-25-17-6-4-15(5-7-17)22(30)20(28)10-3-14-2-8-18-16(12-14)13-27(24(18)32)19-9-11-21(29)26-23(19)31;1-32-17-6-4-15(5-7-17)22(29)20(27)10-3-14-2-8-18-16(12-14)13-26(24(18)31)19-9-11-21(28)25-23(19)30/h2,4-8,12,19H,3,9-11,13H2,(H,26,29,31);2,4-8,12,19H,3,9-11,13H2,1H3,(H,25,28,30). The van der Waals surface area contributed by atoms with Crippen molar-refractivity contribution in [3.63, 3.8) is 0 Å². The Kier molecular flexibility index (Phi) is 13.1. The molecule has 2 atom stereocenters. The zero-order valence-electron chi connectivity index (χ0n) is 34.6. The minimum absolute atomic E-state index is 0.0208. The Morgan fingerprint density at radius 1 is 0.625 bits per heavy atom. The first kappa shape index (κ1) is 44.1. The first-order valence-electron chi connectivity index (χ1n) is 20.5. The molecular formula is C48H41N5O11. The van der Waals surface area contributed by atoms with Crippen molar-refractivity contribution in [1.82, 2.24) is 20.4 Å². The van der Waals surface area contributed by atoms with Gasteiger partial charge in [0.05, 0.1) is 13.7 Å². The average molecular weight is 864 g/mol. The van der Waals surface area contributed by atoms with E-state index in [-0.39, 0.29) is 68.0 Å². The van der Waals surface area contributed by atoms with Crippen molar-refractivity contribution < 1.29 is 52.7 Å². The molecule has 0 spiro atoms. The molecular weight excluding hydrogens is 823 g/mol. The van der Waals surface area contributed by atoms with Crippen molar-refractivity contribution in [2.75, 3.05) is 7.11 Å². The van der Waals surface area contributed by atoms with Gasteiger partial charge in [0.25, 0.3) is 11.8 Å². The molecule has 2 fully saturated rings. The smallest absolute Gasteiger partial charge is 0.255 e. The summed E-state index contributed by atoms with van der Waals surface area (Å²) in [4.78, 5) is 128. The quantitative estimate of drug-likeness (QED) is 0.0840. The third kappa shape index (κ3) is 9.58.